The highest BCUT2D eigenvalue weighted by atomic mass is 35.5. The number of amides is 2. The molecule has 10 heteroatoms. The van der Waals surface area contributed by atoms with Crippen LogP contribution in [0.1, 0.15) is 33.2 Å². The monoisotopic (exact) mass is 433 g/mol. The third-order valence-electron chi connectivity index (χ3n) is 4.98. The van der Waals surface area contributed by atoms with Crippen molar-refractivity contribution in [3.63, 3.8) is 0 Å². The molecule has 3 rings (SSSR count). The van der Waals surface area contributed by atoms with Crippen LogP contribution < -0.4 is 5.32 Å². The molecule has 0 radical (unpaired) electrons. The van der Waals surface area contributed by atoms with Gasteiger partial charge in [0.1, 0.15) is 0 Å². The summed E-state index contributed by atoms with van der Waals surface area (Å²) in [6, 6.07) is 6.79. The Balaban J connectivity index is 1.59. The van der Waals surface area contributed by atoms with Gasteiger partial charge >= 0.3 is 0 Å². The molecule has 1 unspecified atom stereocenters. The van der Waals surface area contributed by atoms with E-state index in [1.54, 1.807) is 12.1 Å². The van der Waals surface area contributed by atoms with Gasteiger partial charge in [-0.2, -0.15) is 4.80 Å². The number of benzene rings is 1. The van der Waals surface area contributed by atoms with Gasteiger partial charge in [-0.25, -0.2) is 0 Å². The molecule has 0 saturated carbocycles. The molecule has 0 aliphatic carbocycles. The lowest BCUT2D eigenvalue weighted by atomic mass is 10.2. The minimum Gasteiger partial charge on any atom is -0.353 e. The van der Waals surface area contributed by atoms with E-state index in [1.165, 1.54) is 4.80 Å². The van der Waals surface area contributed by atoms with Crippen molar-refractivity contribution in [2.75, 3.05) is 32.7 Å². The third-order valence-corrected chi connectivity index (χ3v) is 5.23. The Kier molecular flexibility index (Phi) is 7.38. The standard InChI is InChI=1S/C20H28ClN7O2/c1-4-17(28-24-19(23-25-28)15-5-7-16(21)8-6-15)20(30)27-11-9-26(10-12-27)13-18(29)22-14(2)3/h5-8,14,17H,4,9-13H2,1-3H3,(H,22,29). The zero-order chi connectivity index (χ0) is 21.7. The smallest absolute Gasteiger partial charge is 0.249 e. The molecule has 1 atom stereocenters. The number of rotatable bonds is 7. The summed E-state index contributed by atoms with van der Waals surface area (Å²) in [5.41, 5.74) is 0.793. The molecule has 0 spiro atoms. The van der Waals surface area contributed by atoms with E-state index in [1.807, 2.05) is 37.8 Å². The number of nitrogens with one attached hydrogen (secondary N) is 1. The van der Waals surface area contributed by atoms with E-state index in [9.17, 15) is 9.59 Å². The van der Waals surface area contributed by atoms with E-state index in [4.69, 9.17) is 11.6 Å². The Hall–Kier alpha value is -2.52. The lowest BCUT2D eigenvalue weighted by Gasteiger charge is -2.35. The van der Waals surface area contributed by atoms with E-state index in [2.05, 4.69) is 25.6 Å². The van der Waals surface area contributed by atoms with Gasteiger partial charge in [-0.15, -0.1) is 10.2 Å². The predicted octanol–water partition coefficient (Wildman–Crippen LogP) is 1.61. The highest BCUT2D eigenvalue weighted by molar-refractivity contribution is 6.30. The maximum absolute atomic E-state index is 13.1. The molecule has 1 aromatic carbocycles. The second-order valence-electron chi connectivity index (χ2n) is 7.69. The Morgan fingerprint density at radius 3 is 2.40 bits per heavy atom. The summed E-state index contributed by atoms with van der Waals surface area (Å²) in [6.07, 6.45) is 0.562. The summed E-state index contributed by atoms with van der Waals surface area (Å²) in [6.45, 7) is 8.63. The van der Waals surface area contributed by atoms with Crippen molar-refractivity contribution in [2.24, 2.45) is 0 Å². The fourth-order valence-corrected chi connectivity index (χ4v) is 3.54. The lowest BCUT2D eigenvalue weighted by molar-refractivity contribution is -0.137. The maximum Gasteiger partial charge on any atom is 0.249 e. The molecule has 162 valence electrons. The van der Waals surface area contributed by atoms with Crippen molar-refractivity contribution in [1.82, 2.24) is 35.3 Å². The molecule has 9 nitrogen and oxygen atoms in total. The lowest BCUT2D eigenvalue weighted by Crippen LogP contribution is -2.53. The van der Waals surface area contributed by atoms with Crippen LogP contribution in [0.15, 0.2) is 24.3 Å². The highest BCUT2D eigenvalue weighted by Crippen LogP contribution is 2.20. The van der Waals surface area contributed by atoms with Gasteiger partial charge in [0.15, 0.2) is 6.04 Å². The average Bonchev–Trinajstić information content (AvgIpc) is 3.18. The van der Waals surface area contributed by atoms with Crippen molar-refractivity contribution in [1.29, 1.82) is 0 Å². The molecule has 1 fully saturated rings. The summed E-state index contributed by atoms with van der Waals surface area (Å²) >= 11 is 5.93. The predicted molar refractivity (Wildman–Crippen MR) is 114 cm³/mol. The fourth-order valence-electron chi connectivity index (χ4n) is 3.42. The molecule has 2 heterocycles. The molecule has 1 N–H and O–H groups in total. The van der Waals surface area contributed by atoms with Crippen molar-refractivity contribution in [2.45, 2.75) is 39.3 Å². The second-order valence-corrected chi connectivity index (χ2v) is 8.12. The molecular weight excluding hydrogens is 406 g/mol. The molecule has 1 aliphatic heterocycles. The van der Waals surface area contributed by atoms with Crippen LogP contribution in [-0.2, 0) is 9.59 Å². The van der Waals surface area contributed by atoms with Gasteiger partial charge in [0.2, 0.25) is 17.6 Å². The first-order valence-corrected chi connectivity index (χ1v) is 10.6. The van der Waals surface area contributed by atoms with Gasteiger partial charge < -0.3 is 10.2 Å². The Morgan fingerprint density at radius 2 is 1.80 bits per heavy atom. The molecule has 1 aliphatic rings. The van der Waals surface area contributed by atoms with Gasteiger partial charge in [0.25, 0.3) is 0 Å². The molecule has 0 bridgehead atoms. The molecule has 2 aromatic rings. The van der Waals surface area contributed by atoms with Crippen LogP contribution in [0.4, 0.5) is 0 Å². The zero-order valence-corrected chi connectivity index (χ0v) is 18.3. The second kappa shape index (κ2) is 9.99. The largest absolute Gasteiger partial charge is 0.353 e. The number of nitrogens with zero attached hydrogens (tertiary/aromatic N) is 6. The average molecular weight is 434 g/mol. The molecule has 2 amide bonds. The van der Waals surface area contributed by atoms with Crippen molar-refractivity contribution >= 4 is 23.4 Å². The van der Waals surface area contributed by atoms with Crippen LogP contribution in [0.25, 0.3) is 11.4 Å². The summed E-state index contributed by atoms with van der Waals surface area (Å²) < 4.78 is 0. The minimum absolute atomic E-state index is 0.0118. The van der Waals surface area contributed by atoms with E-state index < -0.39 is 6.04 Å². The van der Waals surface area contributed by atoms with Gasteiger partial charge in [-0.3, -0.25) is 14.5 Å². The van der Waals surface area contributed by atoms with E-state index in [0.29, 0.717) is 50.0 Å². The number of carbonyl (C=O) groups is 2. The van der Waals surface area contributed by atoms with Crippen LogP contribution in [-0.4, -0.2) is 80.6 Å². The van der Waals surface area contributed by atoms with Crippen LogP contribution in [0.2, 0.25) is 5.02 Å². The third kappa shape index (κ3) is 5.54. The first-order chi connectivity index (χ1) is 14.4. The molecule has 30 heavy (non-hydrogen) atoms. The number of hydrogen-bond donors (Lipinski definition) is 1. The van der Waals surface area contributed by atoms with Gasteiger partial charge in [0, 0.05) is 42.8 Å². The fraction of sp³-hybridized carbons (Fsp3) is 0.550. The summed E-state index contributed by atoms with van der Waals surface area (Å²) in [5.74, 6) is 0.445. The Morgan fingerprint density at radius 1 is 1.13 bits per heavy atom. The van der Waals surface area contributed by atoms with Crippen molar-refractivity contribution in [3.05, 3.63) is 29.3 Å². The van der Waals surface area contributed by atoms with Crippen LogP contribution in [0.3, 0.4) is 0 Å². The van der Waals surface area contributed by atoms with Crippen molar-refractivity contribution in [3.8, 4) is 11.4 Å². The molecule has 1 saturated heterocycles. The van der Waals surface area contributed by atoms with E-state index in [-0.39, 0.29) is 17.9 Å². The zero-order valence-electron chi connectivity index (χ0n) is 17.6. The molecule has 1 aromatic heterocycles. The SMILES string of the molecule is CCC(C(=O)N1CCN(CC(=O)NC(C)C)CC1)n1nnc(-c2ccc(Cl)cc2)n1. The van der Waals surface area contributed by atoms with E-state index >= 15 is 0 Å². The normalized spacial score (nSPS) is 16.0. The summed E-state index contributed by atoms with van der Waals surface area (Å²) in [5, 5.41) is 16.2. The first kappa shape index (κ1) is 22.2. The highest BCUT2D eigenvalue weighted by Gasteiger charge is 2.30. The Labute approximate surface area is 181 Å². The van der Waals surface area contributed by atoms with Crippen LogP contribution >= 0.6 is 11.6 Å². The number of carbonyl (C=O) groups excluding carboxylic acids is 2. The number of piperazine rings is 1. The number of aromatic nitrogens is 4. The summed E-state index contributed by atoms with van der Waals surface area (Å²) in [7, 11) is 0. The van der Waals surface area contributed by atoms with Crippen LogP contribution in [0.5, 0.6) is 0 Å². The number of tetrazole rings is 1. The first-order valence-electron chi connectivity index (χ1n) is 10.2. The minimum atomic E-state index is -0.505. The number of hydrogen-bond acceptors (Lipinski definition) is 6. The van der Waals surface area contributed by atoms with Gasteiger partial charge in [0.05, 0.1) is 6.54 Å². The van der Waals surface area contributed by atoms with E-state index in [0.717, 1.165) is 5.56 Å². The van der Waals surface area contributed by atoms with Gasteiger partial charge in [-0.1, -0.05) is 18.5 Å². The molecular formula is C20H28ClN7O2. The number of halogens is 1. The van der Waals surface area contributed by atoms with Crippen LogP contribution in [0, 0.1) is 0 Å². The maximum atomic E-state index is 13.1. The summed E-state index contributed by atoms with van der Waals surface area (Å²) in [4.78, 5) is 30.3. The Bertz CT molecular complexity index is 860. The van der Waals surface area contributed by atoms with Gasteiger partial charge in [-0.05, 0) is 49.7 Å². The topological polar surface area (TPSA) is 96.2 Å². The van der Waals surface area contributed by atoms with Crippen molar-refractivity contribution < 1.29 is 9.59 Å². The quantitative estimate of drug-likeness (QED) is 0.712.